The number of imidazole rings is 1. The van der Waals surface area contributed by atoms with Crippen LogP contribution in [0.5, 0.6) is 5.75 Å². The van der Waals surface area contributed by atoms with Gasteiger partial charge in [-0.1, -0.05) is 23.9 Å². The van der Waals surface area contributed by atoms with E-state index in [1.807, 2.05) is 24.3 Å². The summed E-state index contributed by atoms with van der Waals surface area (Å²) >= 11 is 1.22. The van der Waals surface area contributed by atoms with Gasteiger partial charge >= 0.3 is 5.97 Å². The number of benzene rings is 1. The standard InChI is InChI=1S/C16H19N3O4S/c1-3-23-15(21)13-9-18-16(19-13)24-10-14(20)17-8-11-4-6-12(22-2)7-5-11/h4-7,9H,3,8,10H2,1-2H3,(H,17,20)(H,18,19). The number of methoxy groups -OCH3 is 1. The largest absolute Gasteiger partial charge is 0.497 e. The molecule has 1 heterocycles. The van der Waals surface area contributed by atoms with E-state index in [1.165, 1.54) is 18.0 Å². The van der Waals surface area contributed by atoms with Gasteiger partial charge in [-0.2, -0.15) is 0 Å². The number of thioether (sulfide) groups is 1. The Kier molecular flexibility index (Phi) is 6.68. The maximum atomic E-state index is 11.9. The first-order chi connectivity index (χ1) is 11.6. The van der Waals surface area contributed by atoms with Gasteiger partial charge in [0.2, 0.25) is 5.91 Å². The molecule has 0 aliphatic heterocycles. The molecular formula is C16H19N3O4S. The molecule has 0 atom stereocenters. The molecule has 0 unspecified atom stereocenters. The number of aromatic amines is 1. The minimum Gasteiger partial charge on any atom is -0.497 e. The van der Waals surface area contributed by atoms with Crippen molar-refractivity contribution in [1.29, 1.82) is 0 Å². The second kappa shape index (κ2) is 8.97. The Hall–Kier alpha value is -2.48. The van der Waals surface area contributed by atoms with Crippen LogP contribution in [0, 0.1) is 0 Å². The van der Waals surface area contributed by atoms with Gasteiger partial charge in [0.05, 0.1) is 19.5 Å². The van der Waals surface area contributed by atoms with Crippen LogP contribution >= 0.6 is 11.8 Å². The fourth-order valence-corrected chi connectivity index (χ4v) is 2.49. The molecule has 7 nitrogen and oxygen atoms in total. The van der Waals surface area contributed by atoms with Crippen LogP contribution < -0.4 is 10.1 Å². The topological polar surface area (TPSA) is 93.3 Å². The quantitative estimate of drug-likeness (QED) is 0.559. The van der Waals surface area contributed by atoms with E-state index >= 15 is 0 Å². The summed E-state index contributed by atoms with van der Waals surface area (Å²) < 4.78 is 9.93. The van der Waals surface area contributed by atoms with Crippen molar-refractivity contribution < 1.29 is 19.1 Å². The van der Waals surface area contributed by atoms with Gasteiger partial charge in [-0.25, -0.2) is 9.78 Å². The number of nitrogens with one attached hydrogen (secondary N) is 2. The SMILES string of the molecule is CCOC(=O)c1c[nH]c(SCC(=O)NCc2ccc(OC)cc2)n1. The van der Waals surface area contributed by atoms with Crippen LogP contribution in [0.3, 0.4) is 0 Å². The lowest BCUT2D eigenvalue weighted by Crippen LogP contribution is -2.24. The average Bonchev–Trinajstić information content (AvgIpc) is 3.08. The molecule has 2 N–H and O–H groups in total. The monoisotopic (exact) mass is 349 g/mol. The van der Waals surface area contributed by atoms with Crippen molar-refractivity contribution in [3.8, 4) is 5.75 Å². The molecule has 0 aliphatic carbocycles. The van der Waals surface area contributed by atoms with Gasteiger partial charge in [-0.3, -0.25) is 4.79 Å². The Morgan fingerprint density at radius 3 is 2.71 bits per heavy atom. The van der Waals surface area contributed by atoms with Gasteiger partial charge in [-0.15, -0.1) is 0 Å². The molecule has 128 valence electrons. The third-order valence-corrected chi connectivity index (χ3v) is 3.92. The number of amides is 1. The number of H-pyrrole nitrogens is 1. The summed E-state index contributed by atoms with van der Waals surface area (Å²) in [6, 6.07) is 7.47. The van der Waals surface area contributed by atoms with E-state index in [-0.39, 0.29) is 17.4 Å². The van der Waals surface area contributed by atoms with E-state index in [1.54, 1.807) is 14.0 Å². The van der Waals surface area contributed by atoms with E-state index in [0.717, 1.165) is 11.3 Å². The summed E-state index contributed by atoms with van der Waals surface area (Å²) in [5.41, 5.74) is 1.19. The average molecular weight is 349 g/mol. The number of rotatable bonds is 8. The van der Waals surface area contributed by atoms with Crippen molar-refractivity contribution in [1.82, 2.24) is 15.3 Å². The van der Waals surface area contributed by atoms with E-state index in [0.29, 0.717) is 18.3 Å². The number of ether oxygens (including phenoxy) is 2. The lowest BCUT2D eigenvalue weighted by Gasteiger charge is -2.05. The lowest BCUT2D eigenvalue weighted by molar-refractivity contribution is -0.118. The summed E-state index contributed by atoms with van der Waals surface area (Å²) in [6.45, 7) is 2.46. The molecule has 0 saturated heterocycles. The Morgan fingerprint density at radius 2 is 2.04 bits per heavy atom. The Bertz CT molecular complexity index is 685. The fraction of sp³-hybridized carbons (Fsp3) is 0.312. The van der Waals surface area contributed by atoms with Crippen LogP contribution in [0.2, 0.25) is 0 Å². The molecule has 0 spiro atoms. The Balaban J connectivity index is 1.75. The van der Waals surface area contributed by atoms with Crippen molar-refractivity contribution in [3.63, 3.8) is 0 Å². The van der Waals surface area contributed by atoms with E-state index in [4.69, 9.17) is 9.47 Å². The zero-order valence-electron chi connectivity index (χ0n) is 13.5. The summed E-state index contributed by atoms with van der Waals surface area (Å²) in [6.07, 6.45) is 1.47. The molecule has 2 aromatic rings. The predicted molar refractivity (Wildman–Crippen MR) is 90.1 cm³/mol. The van der Waals surface area contributed by atoms with Crippen molar-refractivity contribution in [2.45, 2.75) is 18.6 Å². The van der Waals surface area contributed by atoms with Crippen LogP contribution in [-0.2, 0) is 16.1 Å². The number of carbonyl (C=O) groups is 2. The highest BCUT2D eigenvalue weighted by molar-refractivity contribution is 7.99. The van der Waals surface area contributed by atoms with Crippen LogP contribution in [0.4, 0.5) is 0 Å². The van der Waals surface area contributed by atoms with E-state index in [2.05, 4.69) is 15.3 Å². The van der Waals surface area contributed by atoms with E-state index < -0.39 is 5.97 Å². The molecular weight excluding hydrogens is 330 g/mol. The van der Waals surface area contributed by atoms with Crippen molar-refractivity contribution in [3.05, 3.63) is 41.7 Å². The number of nitrogens with zero attached hydrogens (tertiary/aromatic N) is 1. The summed E-state index contributed by atoms with van der Waals surface area (Å²) in [5.74, 6) is 0.372. The zero-order chi connectivity index (χ0) is 17.4. The van der Waals surface area contributed by atoms with Crippen LogP contribution in [-0.4, -0.2) is 41.3 Å². The molecule has 24 heavy (non-hydrogen) atoms. The normalized spacial score (nSPS) is 10.2. The first kappa shape index (κ1) is 17.9. The lowest BCUT2D eigenvalue weighted by atomic mass is 10.2. The van der Waals surface area contributed by atoms with Gasteiger partial charge in [0, 0.05) is 12.7 Å². The minimum absolute atomic E-state index is 0.120. The first-order valence-electron chi connectivity index (χ1n) is 7.37. The highest BCUT2D eigenvalue weighted by Gasteiger charge is 2.12. The number of carbonyl (C=O) groups excluding carboxylic acids is 2. The maximum absolute atomic E-state index is 11.9. The van der Waals surface area contributed by atoms with Gasteiger partial charge in [-0.05, 0) is 24.6 Å². The Labute approximate surface area is 144 Å². The Morgan fingerprint density at radius 1 is 1.29 bits per heavy atom. The maximum Gasteiger partial charge on any atom is 0.358 e. The second-order valence-electron chi connectivity index (χ2n) is 4.72. The second-order valence-corrected chi connectivity index (χ2v) is 5.69. The highest BCUT2D eigenvalue weighted by Crippen LogP contribution is 2.14. The molecule has 0 fully saturated rings. The highest BCUT2D eigenvalue weighted by atomic mass is 32.2. The molecule has 0 saturated carbocycles. The van der Waals surface area contributed by atoms with Crippen molar-refractivity contribution in [2.24, 2.45) is 0 Å². The smallest absolute Gasteiger partial charge is 0.358 e. The van der Waals surface area contributed by atoms with Crippen LogP contribution in [0.25, 0.3) is 0 Å². The molecule has 0 bridgehead atoms. The van der Waals surface area contributed by atoms with Gasteiger partial charge in [0.15, 0.2) is 10.9 Å². The molecule has 1 amide bonds. The van der Waals surface area contributed by atoms with Gasteiger partial charge in [0.1, 0.15) is 5.75 Å². The van der Waals surface area contributed by atoms with Gasteiger partial charge in [0.25, 0.3) is 0 Å². The van der Waals surface area contributed by atoms with Crippen LogP contribution in [0.15, 0.2) is 35.6 Å². The number of esters is 1. The third kappa shape index (κ3) is 5.31. The molecule has 0 aliphatic rings. The first-order valence-corrected chi connectivity index (χ1v) is 8.36. The van der Waals surface area contributed by atoms with Gasteiger partial charge < -0.3 is 19.8 Å². The summed E-state index contributed by atoms with van der Waals surface area (Å²) in [7, 11) is 1.61. The zero-order valence-corrected chi connectivity index (χ0v) is 14.3. The predicted octanol–water partition coefficient (Wildman–Crippen LogP) is 2.00. The number of hydrogen-bond acceptors (Lipinski definition) is 6. The molecule has 8 heteroatoms. The summed E-state index contributed by atoms with van der Waals surface area (Å²) in [5, 5.41) is 3.32. The molecule has 2 rings (SSSR count). The van der Waals surface area contributed by atoms with E-state index in [9.17, 15) is 9.59 Å². The number of aromatic nitrogens is 2. The minimum atomic E-state index is -0.482. The molecule has 1 aromatic carbocycles. The third-order valence-electron chi connectivity index (χ3n) is 3.03. The summed E-state index contributed by atoms with van der Waals surface area (Å²) in [4.78, 5) is 30.3. The fourth-order valence-electron chi connectivity index (χ4n) is 1.82. The van der Waals surface area contributed by atoms with Crippen molar-refractivity contribution >= 4 is 23.6 Å². The van der Waals surface area contributed by atoms with Crippen LogP contribution in [0.1, 0.15) is 23.0 Å². The molecule has 0 radical (unpaired) electrons. The number of hydrogen-bond donors (Lipinski definition) is 2. The van der Waals surface area contributed by atoms with Crippen molar-refractivity contribution in [2.75, 3.05) is 19.5 Å². The molecule has 1 aromatic heterocycles.